The standard InChI is InChI=1S/C42H42N6O5/c1-43-39(49)25-45-28-48(27-30-13-7-4-8-14-30)32-18-20-36-38(24-32)52-37-23-31(47(22-21-46-41(51)44-2)26-29-11-5-3-6-12-29)17-19-35(37)42(36)34-16-10-9-15-33(34)40(50)53-42/h3-20,23-24,45H,21-22,25-28H2,1-2H3,(H,43,49)(H2,44,46,51). The summed E-state index contributed by atoms with van der Waals surface area (Å²) < 4.78 is 13.3. The van der Waals surface area contributed by atoms with Crippen molar-refractivity contribution < 1.29 is 23.9 Å². The fourth-order valence-electron chi connectivity index (χ4n) is 6.98. The number of hydrogen-bond donors (Lipinski definition) is 4. The Hall–Kier alpha value is -6.33. The SMILES string of the molecule is CNC(=O)CNCN(Cc1ccccc1)c1ccc2c(c1)Oc1cc(N(CCNC(=O)NC)Cc3ccccc3)ccc1C21OC(=O)c2ccccc21. The van der Waals surface area contributed by atoms with E-state index >= 15 is 0 Å². The van der Waals surface area contributed by atoms with Crippen molar-refractivity contribution in [2.24, 2.45) is 0 Å². The normalized spacial score (nSPS) is 14.9. The van der Waals surface area contributed by atoms with Crippen molar-refractivity contribution in [1.82, 2.24) is 21.3 Å². The molecule has 270 valence electrons. The summed E-state index contributed by atoms with van der Waals surface area (Å²) >= 11 is 0. The lowest BCUT2D eigenvalue weighted by atomic mass is 9.77. The second-order valence-corrected chi connectivity index (χ2v) is 12.9. The third-order valence-electron chi connectivity index (χ3n) is 9.61. The van der Waals surface area contributed by atoms with Crippen molar-refractivity contribution >= 4 is 29.3 Å². The first kappa shape index (κ1) is 35.1. The van der Waals surface area contributed by atoms with E-state index in [2.05, 4.69) is 55.3 Å². The van der Waals surface area contributed by atoms with Crippen LogP contribution in [0.5, 0.6) is 11.5 Å². The topological polar surface area (TPSA) is 124 Å². The molecule has 2 aliphatic heterocycles. The van der Waals surface area contributed by atoms with Gasteiger partial charge in [0.1, 0.15) is 11.5 Å². The van der Waals surface area contributed by atoms with E-state index in [9.17, 15) is 14.4 Å². The van der Waals surface area contributed by atoms with Crippen LogP contribution in [0.2, 0.25) is 0 Å². The highest BCUT2D eigenvalue weighted by Gasteiger charge is 2.53. The van der Waals surface area contributed by atoms with Gasteiger partial charge in [-0.15, -0.1) is 0 Å². The number of carbonyl (C=O) groups is 3. The predicted octanol–water partition coefficient (Wildman–Crippen LogP) is 5.49. The van der Waals surface area contributed by atoms with Gasteiger partial charge in [0.05, 0.1) is 18.8 Å². The van der Waals surface area contributed by atoms with Gasteiger partial charge in [0.2, 0.25) is 5.91 Å². The average molecular weight is 711 g/mol. The van der Waals surface area contributed by atoms with Crippen LogP contribution in [0.4, 0.5) is 16.2 Å². The largest absolute Gasteiger partial charge is 0.456 e. The summed E-state index contributed by atoms with van der Waals surface area (Å²) in [5.74, 6) is 0.598. The molecule has 1 unspecified atom stereocenters. The second-order valence-electron chi connectivity index (χ2n) is 12.9. The second kappa shape index (κ2) is 15.5. The van der Waals surface area contributed by atoms with Gasteiger partial charge in [0, 0.05) is 80.5 Å². The predicted molar refractivity (Wildman–Crippen MR) is 204 cm³/mol. The number of likely N-dealkylation sites (N-methyl/N-ethyl adjacent to an activating group) is 1. The summed E-state index contributed by atoms with van der Waals surface area (Å²) in [4.78, 5) is 42.0. The third-order valence-corrected chi connectivity index (χ3v) is 9.61. The molecule has 0 bridgehead atoms. The summed E-state index contributed by atoms with van der Waals surface area (Å²) in [7, 11) is 3.20. The lowest BCUT2D eigenvalue weighted by Gasteiger charge is -2.38. The van der Waals surface area contributed by atoms with E-state index in [0.29, 0.717) is 55.5 Å². The lowest BCUT2D eigenvalue weighted by Crippen LogP contribution is -2.39. The molecule has 11 nitrogen and oxygen atoms in total. The van der Waals surface area contributed by atoms with Crippen LogP contribution >= 0.6 is 0 Å². The first-order valence-corrected chi connectivity index (χ1v) is 17.6. The molecule has 11 heteroatoms. The highest BCUT2D eigenvalue weighted by molar-refractivity contribution is 5.97. The van der Waals surface area contributed by atoms with Gasteiger partial charge in [0.25, 0.3) is 0 Å². The maximum Gasteiger partial charge on any atom is 0.340 e. The van der Waals surface area contributed by atoms with E-state index < -0.39 is 11.6 Å². The van der Waals surface area contributed by atoms with Crippen LogP contribution in [0, 0.1) is 0 Å². The molecule has 0 saturated heterocycles. The van der Waals surface area contributed by atoms with Crippen molar-refractivity contribution in [3.05, 3.63) is 155 Å². The summed E-state index contributed by atoms with van der Waals surface area (Å²) in [6.07, 6.45) is 0. The minimum absolute atomic E-state index is 0.111. The monoisotopic (exact) mass is 710 g/mol. The summed E-state index contributed by atoms with van der Waals surface area (Å²) in [6, 6.07) is 39.4. The number of rotatable bonds is 13. The zero-order valence-corrected chi connectivity index (χ0v) is 29.7. The number of fused-ring (bicyclic) bond motifs is 6. The van der Waals surface area contributed by atoms with Gasteiger partial charge in [-0.2, -0.15) is 0 Å². The Morgan fingerprint density at radius 1 is 0.679 bits per heavy atom. The van der Waals surface area contributed by atoms with E-state index in [4.69, 9.17) is 9.47 Å². The molecule has 1 atom stereocenters. The Balaban J connectivity index is 1.30. The van der Waals surface area contributed by atoms with Crippen molar-refractivity contribution in [2.45, 2.75) is 18.7 Å². The van der Waals surface area contributed by atoms with Crippen LogP contribution in [0.1, 0.15) is 38.2 Å². The van der Waals surface area contributed by atoms with Crippen LogP contribution < -0.4 is 35.8 Å². The van der Waals surface area contributed by atoms with Gasteiger partial charge >= 0.3 is 12.0 Å². The maximum absolute atomic E-state index is 13.6. The zero-order valence-electron chi connectivity index (χ0n) is 29.7. The minimum atomic E-state index is -1.24. The Morgan fingerprint density at radius 2 is 1.26 bits per heavy atom. The smallest absolute Gasteiger partial charge is 0.340 e. The molecular weight excluding hydrogens is 668 g/mol. The van der Waals surface area contributed by atoms with E-state index in [1.54, 1.807) is 20.2 Å². The number of nitrogens with zero attached hydrogens (tertiary/aromatic N) is 2. The maximum atomic E-state index is 13.6. The molecule has 0 aromatic heterocycles. The Bertz CT molecular complexity index is 1990. The number of nitrogens with one attached hydrogen (secondary N) is 4. The lowest BCUT2D eigenvalue weighted by molar-refractivity contribution is -0.119. The highest BCUT2D eigenvalue weighted by Crippen LogP contribution is 2.57. The fraction of sp³-hybridized carbons (Fsp3) is 0.214. The molecule has 5 aromatic carbocycles. The van der Waals surface area contributed by atoms with E-state index in [-0.39, 0.29) is 18.5 Å². The van der Waals surface area contributed by atoms with E-state index in [0.717, 1.165) is 33.6 Å². The summed E-state index contributed by atoms with van der Waals surface area (Å²) in [5, 5.41) is 11.4. The van der Waals surface area contributed by atoms with Crippen LogP contribution in [0.15, 0.2) is 121 Å². The Morgan fingerprint density at radius 3 is 1.89 bits per heavy atom. The minimum Gasteiger partial charge on any atom is -0.456 e. The molecule has 0 saturated carbocycles. The highest BCUT2D eigenvalue weighted by atomic mass is 16.6. The molecule has 1 spiro atoms. The van der Waals surface area contributed by atoms with E-state index in [1.165, 1.54) is 0 Å². The number of anilines is 2. The third kappa shape index (κ3) is 7.24. The van der Waals surface area contributed by atoms with E-state index in [1.807, 2.05) is 91.0 Å². The number of carbonyl (C=O) groups excluding carboxylic acids is 3. The van der Waals surface area contributed by atoms with Crippen LogP contribution in [-0.4, -0.2) is 58.3 Å². The van der Waals surface area contributed by atoms with Crippen molar-refractivity contribution in [3.8, 4) is 11.5 Å². The van der Waals surface area contributed by atoms with Gasteiger partial charge in [0.15, 0.2) is 5.60 Å². The van der Waals surface area contributed by atoms with Crippen molar-refractivity contribution in [2.75, 3.05) is 50.2 Å². The molecule has 3 amide bonds. The molecule has 7 rings (SSSR count). The summed E-state index contributed by atoms with van der Waals surface area (Å²) in [5.41, 5.74) is 5.40. The fourth-order valence-corrected chi connectivity index (χ4v) is 6.98. The van der Waals surface area contributed by atoms with Crippen LogP contribution in [0.25, 0.3) is 0 Å². The van der Waals surface area contributed by atoms with Gasteiger partial charge < -0.3 is 35.2 Å². The molecular formula is C42H42N6O5. The van der Waals surface area contributed by atoms with Crippen LogP contribution in [-0.2, 0) is 28.2 Å². The van der Waals surface area contributed by atoms with Crippen molar-refractivity contribution in [1.29, 1.82) is 0 Å². The van der Waals surface area contributed by atoms with Crippen LogP contribution in [0.3, 0.4) is 0 Å². The molecule has 0 radical (unpaired) electrons. The zero-order chi connectivity index (χ0) is 36.8. The quantitative estimate of drug-likeness (QED) is 0.0935. The van der Waals surface area contributed by atoms with Gasteiger partial charge in [-0.3, -0.25) is 10.1 Å². The Kier molecular flexibility index (Phi) is 10.3. The number of urea groups is 1. The van der Waals surface area contributed by atoms with Gasteiger partial charge in [-0.05, 0) is 41.5 Å². The number of hydrogen-bond acceptors (Lipinski definition) is 8. The van der Waals surface area contributed by atoms with Gasteiger partial charge in [-0.25, -0.2) is 9.59 Å². The summed E-state index contributed by atoms with van der Waals surface area (Å²) in [6.45, 7) is 2.66. The molecule has 4 N–H and O–H groups in total. The Labute approximate surface area is 308 Å². The molecule has 0 aliphatic carbocycles. The van der Waals surface area contributed by atoms with Gasteiger partial charge in [-0.1, -0.05) is 78.9 Å². The molecule has 0 fully saturated rings. The molecule has 2 aliphatic rings. The van der Waals surface area contributed by atoms with Crippen molar-refractivity contribution in [3.63, 3.8) is 0 Å². The first-order chi connectivity index (χ1) is 25.9. The number of esters is 1. The number of ether oxygens (including phenoxy) is 2. The average Bonchev–Trinajstić information content (AvgIpc) is 3.49. The number of benzene rings is 5. The molecule has 5 aromatic rings. The number of amides is 3. The molecule has 2 heterocycles. The molecule has 53 heavy (non-hydrogen) atoms. The first-order valence-electron chi connectivity index (χ1n) is 17.6.